The Kier molecular flexibility index (Phi) is 4.19. The molecule has 1 aromatic carbocycles. The Morgan fingerprint density at radius 1 is 1.14 bits per heavy atom. The Morgan fingerprint density at radius 2 is 1.81 bits per heavy atom. The quantitative estimate of drug-likeness (QED) is 0.838. The fourth-order valence-corrected chi connectivity index (χ4v) is 4.21. The third-order valence-corrected chi connectivity index (χ3v) is 5.43. The monoisotopic (exact) mass is 304 g/mol. The summed E-state index contributed by atoms with van der Waals surface area (Å²) in [5, 5.41) is 0. The minimum Gasteiger partial charge on any atom is -0.339 e. The predicted octanol–water partition coefficient (Wildman–Crippen LogP) is 1.96. The van der Waals surface area contributed by atoms with Crippen LogP contribution in [0.3, 0.4) is 0 Å². The van der Waals surface area contributed by atoms with E-state index in [-0.39, 0.29) is 17.7 Å². The van der Waals surface area contributed by atoms with E-state index >= 15 is 0 Å². The van der Waals surface area contributed by atoms with Crippen molar-refractivity contribution in [2.24, 2.45) is 0 Å². The molecule has 1 unspecified atom stereocenters. The number of rotatable bonds is 2. The highest BCUT2D eigenvalue weighted by atomic mass is 32.2. The Bertz CT molecular complexity index is 553. The van der Waals surface area contributed by atoms with Crippen LogP contribution >= 0.6 is 11.8 Å². The van der Waals surface area contributed by atoms with Crippen molar-refractivity contribution in [1.82, 2.24) is 9.80 Å². The summed E-state index contributed by atoms with van der Waals surface area (Å²) in [5.41, 5.74) is 1.17. The summed E-state index contributed by atoms with van der Waals surface area (Å²) in [6.45, 7) is 4.54. The summed E-state index contributed by atoms with van der Waals surface area (Å²) < 4.78 is 0. The van der Waals surface area contributed by atoms with Gasteiger partial charge in [0.15, 0.2) is 0 Å². The fourth-order valence-electron chi connectivity index (χ4n) is 2.99. The van der Waals surface area contributed by atoms with Crippen LogP contribution in [0.25, 0.3) is 0 Å². The number of fused-ring (bicyclic) bond motifs is 1. The number of nitrogens with zero attached hydrogens (tertiary/aromatic N) is 2. The Hall–Kier alpha value is -1.49. The molecule has 0 saturated carbocycles. The average Bonchev–Trinajstić information content (AvgIpc) is 2.97. The van der Waals surface area contributed by atoms with E-state index in [1.54, 1.807) is 11.8 Å². The topological polar surface area (TPSA) is 40.6 Å². The highest BCUT2D eigenvalue weighted by Gasteiger charge is 2.33. The molecule has 21 heavy (non-hydrogen) atoms. The first-order valence-corrected chi connectivity index (χ1v) is 8.47. The van der Waals surface area contributed by atoms with Gasteiger partial charge in [-0.1, -0.05) is 25.1 Å². The van der Waals surface area contributed by atoms with Crippen LogP contribution in [-0.4, -0.2) is 53.5 Å². The molecule has 112 valence electrons. The van der Waals surface area contributed by atoms with Crippen LogP contribution in [0.5, 0.6) is 0 Å². The van der Waals surface area contributed by atoms with E-state index in [4.69, 9.17) is 0 Å². The minimum absolute atomic E-state index is 0.0142. The zero-order chi connectivity index (χ0) is 14.8. The minimum atomic E-state index is -0.0142. The van der Waals surface area contributed by atoms with Gasteiger partial charge in [-0.05, 0) is 11.6 Å². The van der Waals surface area contributed by atoms with Gasteiger partial charge in [-0.2, -0.15) is 0 Å². The fraction of sp³-hybridized carbons (Fsp3) is 0.500. The lowest BCUT2D eigenvalue weighted by Crippen LogP contribution is -2.51. The van der Waals surface area contributed by atoms with E-state index in [0.717, 1.165) is 5.75 Å². The van der Waals surface area contributed by atoms with Crippen LogP contribution in [0.15, 0.2) is 29.2 Å². The molecule has 0 aromatic heterocycles. The lowest BCUT2D eigenvalue weighted by molar-refractivity contribution is -0.140. The van der Waals surface area contributed by atoms with Crippen molar-refractivity contribution < 1.29 is 9.59 Å². The highest BCUT2D eigenvalue weighted by Crippen LogP contribution is 2.40. The molecular weight excluding hydrogens is 284 g/mol. The lowest BCUT2D eigenvalue weighted by Gasteiger charge is -2.36. The second kappa shape index (κ2) is 6.10. The third-order valence-electron chi connectivity index (χ3n) is 4.24. The molecule has 0 radical (unpaired) electrons. The number of carbonyl (C=O) groups is 2. The smallest absolute Gasteiger partial charge is 0.231 e. The van der Waals surface area contributed by atoms with Gasteiger partial charge in [0, 0.05) is 43.2 Å². The van der Waals surface area contributed by atoms with E-state index in [1.165, 1.54) is 10.5 Å². The van der Waals surface area contributed by atoms with E-state index in [1.807, 2.05) is 28.9 Å². The van der Waals surface area contributed by atoms with Crippen molar-refractivity contribution in [3.63, 3.8) is 0 Å². The summed E-state index contributed by atoms with van der Waals surface area (Å²) >= 11 is 1.77. The van der Waals surface area contributed by atoms with E-state index in [2.05, 4.69) is 12.1 Å². The van der Waals surface area contributed by atoms with Crippen molar-refractivity contribution in [2.75, 3.05) is 31.9 Å². The van der Waals surface area contributed by atoms with Gasteiger partial charge in [-0.15, -0.1) is 11.8 Å². The number of thioether (sulfide) groups is 1. The number of benzene rings is 1. The van der Waals surface area contributed by atoms with E-state index in [0.29, 0.717) is 32.6 Å². The van der Waals surface area contributed by atoms with E-state index < -0.39 is 0 Å². The molecule has 0 N–H and O–H groups in total. The normalized spacial score (nSPS) is 21.3. The second-order valence-electron chi connectivity index (χ2n) is 5.46. The summed E-state index contributed by atoms with van der Waals surface area (Å²) in [7, 11) is 0. The van der Waals surface area contributed by atoms with Gasteiger partial charge in [0.05, 0.1) is 5.92 Å². The molecule has 1 fully saturated rings. The van der Waals surface area contributed by atoms with Crippen molar-refractivity contribution >= 4 is 23.6 Å². The first kappa shape index (κ1) is 14.4. The molecule has 1 atom stereocenters. The van der Waals surface area contributed by atoms with Crippen LogP contribution in [0.2, 0.25) is 0 Å². The van der Waals surface area contributed by atoms with Gasteiger partial charge >= 0.3 is 0 Å². The van der Waals surface area contributed by atoms with Crippen molar-refractivity contribution in [1.29, 1.82) is 0 Å². The van der Waals surface area contributed by atoms with Gasteiger partial charge in [0.25, 0.3) is 0 Å². The first-order chi connectivity index (χ1) is 10.2. The van der Waals surface area contributed by atoms with Crippen LogP contribution < -0.4 is 0 Å². The molecule has 2 aliphatic rings. The molecule has 1 saturated heterocycles. The van der Waals surface area contributed by atoms with Gasteiger partial charge in [-0.3, -0.25) is 9.59 Å². The molecule has 1 aromatic rings. The van der Waals surface area contributed by atoms with Gasteiger partial charge in [0.1, 0.15) is 0 Å². The van der Waals surface area contributed by atoms with Crippen molar-refractivity contribution in [3.8, 4) is 0 Å². The number of hydrogen-bond donors (Lipinski definition) is 0. The maximum Gasteiger partial charge on any atom is 0.231 e. The zero-order valence-corrected chi connectivity index (χ0v) is 13.1. The molecule has 3 rings (SSSR count). The third kappa shape index (κ3) is 2.79. The summed E-state index contributed by atoms with van der Waals surface area (Å²) in [5.74, 6) is 1.23. The van der Waals surface area contributed by atoms with Crippen LogP contribution in [0, 0.1) is 0 Å². The summed E-state index contributed by atoms with van der Waals surface area (Å²) in [6.07, 6.45) is 0.542. The Labute approximate surface area is 129 Å². The average molecular weight is 304 g/mol. The highest BCUT2D eigenvalue weighted by molar-refractivity contribution is 7.99. The van der Waals surface area contributed by atoms with Crippen LogP contribution in [0.4, 0.5) is 0 Å². The molecule has 2 heterocycles. The lowest BCUT2D eigenvalue weighted by atomic mass is 9.99. The molecule has 5 heteroatoms. The zero-order valence-electron chi connectivity index (χ0n) is 12.2. The van der Waals surface area contributed by atoms with Gasteiger partial charge < -0.3 is 9.80 Å². The standard InChI is InChI=1S/C16H20N2O2S/c1-2-15(19)17-7-9-18(10-8-17)16(20)13-11-21-14-6-4-3-5-12(13)14/h3-6,13H,2,7-11H2,1H3. The van der Waals surface area contributed by atoms with Gasteiger partial charge in [0.2, 0.25) is 11.8 Å². The molecule has 0 aliphatic carbocycles. The van der Waals surface area contributed by atoms with E-state index in [9.17, 15) is 9.59 Å². The van der Waals surface area contributed by atoms with Crippen molar-refractivity contribution in [2.45, 2.75) is 24.2 Å². The number of carbonyl (C=O) groups excluding carboxylic acids is 2. The largest absolute Gasteiger partial charge is 0.339 e. The number of hydrogen-bond acceptors (Lipinski definition) is 3. The first-order valence-electron chi connectivity index (χ1n) is 7.49. The van der Waals surface area contributed by atoms with Crippen molar-refractivity contribution in [3.05, 3.63) is 29.8 Å². The second-order valence-corrected chi connectivity index (χ2v) is 6.52. The van der Waals surface area contributed by atoms with Crippen LogP contribution in [0.1, 0.15) is 24.8 Å². The Balaban J connectivity index is 1.64. The maximum absolute atomic E-state index is 12.7. The molecule has 2 amide bonds. The molecule has 0 bridgehead atoms. The molecular formula is C16H20N2O2S. The maximum atomic E-state index is 12.7. The molecule has 0 spiro atoms. The summed E-state index contributed by atoms with van der Waals surface area (Å²) in [6, 6.07) is 8.18. The number of piperazine rings is 1. The molecule has 2 aliphatic heterocycles. The summed E-state index contributed by atoms with van der Waals surface area (Å²) in [4.78, 5) is 29.4. The SMILES string of the molecule is CCC(=O)N1CCN(C(=O)C2CSc3ccccc32)CC1. The van der Waals surface area contributed by atoms with Gasteiger partial charge in [-0.25, -0.2) is 0 Å². The Morgan fingerprint density at radius 3 is 2.52 bits per heavy atom. The molecule has 4 nitrogen and oxygen atoms in total. The number of amides is 2. The predicted molar refractivity (Wildman–Crippen MR) is 83.4 cm³/mol. The van der Waals surface area contributed by atoms with Crippen LogP contribution in [-0.2, 0) is 9.59 Å².